The molecule has 5 nitrogen and oxygen atoms in total. The monoisotopic (exact) mass is 333 g/mol. The average molecular weight is 333 g/mol. The van der Waals surface area contributed by atoms with Crippen LogP contribution in [-0.2, 0) is 11.2 Å². The Bertz CT molecular complexity index is 489. The fraction of sp³-hybridized carbons (Fsp3) is 0.632. The summed E-state index contributed by atoms with van der Waals surface area (Å²) in [4.78, 5) is 12.2. The van der Waals surface area contributed by atoms with Gasteiger partial charge in [-0.3, -0.25) is 4.79 Å². The van der Waals surface area contributed by atoms with Gasteiger partial charge in [0.2, 0.25) is 5.91 Å². The van der Waals surface area contributed by atoms with Crippen LogP contribution in [0.3, 0.4) is 0 Å². The maximum atomic E-state index is 12.2. The molecule has 24 heavy (non-hydrogen) atoms. The second-order valence-corrected chi connectivity index (χ2v) is 6.89. The Labute approximate surface area is 145 Å². The molecule has 1 fully saturated rings. The summed E-state index contributed by atoms with van der Waals surface area (Å²) in [5.41, 5.74) is 7.17. The van der Waals surface area contributed by atoms with Gasteiger partial charge in [0.15, 0.2) is 0 Å². The number of rotatable bonds is 8. The van der Waals surface area contributed by atoms with E-state index in [0.29, 0.717) is 19.0 Å². The van der Waals surface area contributed by atoms with E-state index in [1.165, 1.54) is 19.3 Å². The van der Waals surface area contributed by atoms with Crippen LogP contribution in [0.2, 0.25) is 0 Å². The summed E-state index contributed by atoms with van der Waals surface area (Å²) < 4.78 is 0. The van der Waals surface area contributed by atoms with Crippen LogP contribution in [0.25, 0.3) is 0 Å². The van der Waals surface area contributed by atoms with Crippen LogP contribution in [0.1, 0.15) is 44.6 Å². The largest absolute Gasteiger partial charge is 0.390 e. The van der Waals surface area contributed by atoms with Gasteiger partial charge in [0, 0.05) is 18.6 Å². The number of carbonyl (C=O) groups excluding carboxylic acids is 1. The molecule has 5 heteroatoms. The summed E-state index contributed by atoms with van der Waals surface area (Å²) in [7, 11) is 0. The van der Waals surface area contributed by atoms with E-state index in [1.54, 1.807) is 0 Å². The van der Waals surface area contributed by atoms with Gasteiger partial charge >= 0.3 is 0 Å². The van der Waals surface area contributed by atoms with Crippen molar-refractivity contribution in [2.24, 2.45) is 5.73 Å². The molecule has 2 rings (SSSR count). The quantitative estimate of drug-likeness (QED) is 0.578. The van der Waals surface area contributed by atoms with Crippen molar-refractivity contribution in [3.8, 4) is 0 Å². The molecule has 5 N–H and O–H groups in total. The lowest BCUT2D eigenvalue weighted by atomic mass is 9.95. The fourth-order valence-corrected chi connectivity index (χ4v) is 3.14. The highest BCUT2D eigenvalue weighted by Crippen LogP contribution is 2.17. The Morgan fingerprint density at radius 1 is 1.25 bits per heavy atom. The first kappa shape index (κ1) is 18.9. The van der Waals surface area contributed by atoms with Crippen molar-refractivity contribution in [2.75, 3.05) is 6.54 Å². The molecule has 0 spiro atoms. The van der Waals surface area contributed by atoms with Crippen LogP contribution in [0.5, 0.6) is 0 Å². The SMILES string of the molecule is C[C@H](NC[C@@H](O)[C@@H](N)Cc1ccccc1)C(=O)NC1CCCCC1. The summed E-state index contributed by atoms with van der Waals surface area (Å²) in [6.45, 7) is 2.14. The van der Waals surface area contributed by atoms with Crippen LogP contribution in [0.15, 0.2) is 30.3 Å². The normalized spacial score (nSPS) is 19.5. The van der Waals surface area contributed by atoms with E-state index in [4.69, 9.17) is 5.73 Å². The van der Waals surface area contributed by atoms with Gasteiger partial charge in [-0.15, -0.1) is 0 Å². The third-order valence-corrected chi connectivity index (χ3v) is 4.79. The lowest BCUT2D eigenvalue weighted by Crippen LogP contribution is -2.51. The van der Waals surface area contributed by atoms with E-state index in [0.717, 1.165) is 18.4 Å². The molecule has 0 saturated heterocycles. The van der Waals surface area contributed by atoms with Crippen LogP contribution in [0.4, 0.5) is 0 Å². The van der Waals surface area contributed by atoms with E-state index < -0.39 is 6.10 Å². The maximum absolute atomic E-state index is 12.2. The zero-order valence-corrected chi connectivity index (χ0v) is 14.6. The fourth-order valence-electron chi connectivity index (χ4n) is 3.14. The van der Waals surface area contributed by atoms with Crippen molar-refractivity contribution in [2.45, 2.75) is 69.7 Å². The van der Waals surface area contributed by atoms with Gasteiger partial charge in [-0.25, -0.2) is 0 Å². The minimum atomic E-state index is -0.685. The molecular weight excluding hydrogens is 302 g/mol. The van der Waals surface area contributed by atoms with Gasteiger partial charge in [-0.05, 0) is 31.7 Å². The molecule has 3 atom stereocenters. The second kappa shape index (κ2) is 9.77. The summed E-state index contributed by atoms with van der Waals surface area (Å²) in [6, 6.07) is 9.51. The molecule has 0 bridgehead atoms. The Kier molecular flexibility index (Phi) is 7.69. The standard InChI is InChI=1S/C19H31N3O2/c1-14(19(24)22-16-10-6-3-7-11-16)21-13-18(23)17(20)12-15-8-4-2-5-9-15/h2,4-5,8-9,14,16-18,21,23H,3,6-7,10-13,20H2,1H3,(H,22,24)/t14-,17-,18+/m0/s1. The molecule has 0 aromatic heterocycles. The van der Waals surface area contributed by atoms with Crippen molar-refractivity contribution < 1.29 is 9.90 Å². The Hall–Kier alpha value is -1.43. The second-order valence-electron chi connectivity index (χ2n) is 6.89. The molecule has 0 radical (unpaired) electrons. The minimum absolute atomic E-state index is 0.00531. The van der Waals surface area contributed by atoms with E-state index in [2.05, 4.69) is 10.6 Å². The van der Waals surface area contributed by atoms with Crippen molar-refractivity contribution in [1.82, 2.24) is 10.6 Å². The van der Waals surface area contributed by atoms with Crippen molar-refractivity contribution in [1.29, 1.82) is 0 Å². The summed E-state index contributed by atoms with van der Waals surface area (Å²) in [5, 5.41) is 16.4. The smallest absolute Gasteiger partial charge is 0.237 e. The third kappa shape index (κ3) is 6.23. The molecule has 134 valence electrons. The van der Waals surface area contributed by atoms with E-state index in [-0.39, 0.29) is 18.0 Å². The predicted molar refractivity (Wildman–Crippen MR) is 96.6 cm³/mol. The zero-order chi connectivity index (χ0) is 17.4. The van der Waals surface area contributed by atoms with Gasteiger partial charge in [0.05, 0.1) is 12.1 Å². The highest BCUT2D eigenvalue weighted by Gasteiger charge is 2.21. The number of nitrogens with one attached hydrogen (secondary N) is 2. The van der Waals surface area contributed by atoms with Crippen LogP contribution >= 0.6 is 0 Å². The van der Waals surface area contributed by atoms with Gasteiger partial charge in [-0.1, -0.05) is 49.6 Å². The zero-order valence-electron chi connectivity index (χ0n) is 14.6. The number of hydrogen-bond donors (Lipinski definition) is 4. The maximum Gasteiger partial charge on any atom is 0.237 e. The lowest BCUT2D eigenvalue weighted by molar-refractivity contribution is -0.123. The van der Waals surface area contributed by atoms with Gasteiger partial charge in [0.1, 0.15) is 0 Å². The number of hydrogen-bond acceptors (Lipinski definition) is 4. The average Bonchev–Trinajstić information content (AvgIpc) is 2.61. The van der Waals surface area contributed by atoms with Gasteiger partial charge in [-0.2, -0.15) is 0 Å². The molecular formula is C19H31N3O2. The van der Waals surface area contributed by atoms with Crippen LogP contribution < -0.4 is 16.4 Å². The molecule has 1 aromatic rings. The summed E-state index contributed by atoms with van der Waals surface area (Å²) in [5.74, 6) is 0.00531. The van der Waals surface area contributed by atoms with E-state index in [9.17, 15) is 9.90 Å². The number of benzene rings is 1. The van der Waals surface area contributed by atoms with Gasteiger partial charge in [0.25, 0.3) is 0 Å². The predicted octanol–water partition coefficient (Wildman–Crippen LogP) is 1.34. The lowest BCUT2D eigenvalue weighted by Gasteiger charge is -2.26. The number of aliphatic hydroxyl groups is 1. The Morgan fingerprint density at radius 2 is 1.92 bits per heavy atom. The molecule has 1 aromatic carbocycles. The highest BCUT2D eigenvalue weighted by atomic mass is 16.3. The number of aliphatic hydroxyl groups excluding tert-OH is 1. The molecule has 1 aliphatic rings. The molecule has 0 heterocycles. The number of carbonyl (C=O) groups is 1. The number of amides is 1. The molecule has 1 amide bonds. The van der Waals surface area contributed by atoms with E-state index in [1.807, 2.05) is 37.3 Å². The van der Waals surface area contributed by atoms with Crippen molar-refractivity contribution >= 4 is 5.91 Å². The van der Waals surface area contributed by atoms with Crippen molar-refractivity contribution in [3.63, 3.8) is 0 Å². The van der Waals surface area contributed by atoms with Crippen molar-refractivity contribution in [3.05, 3.63) is 35.9 Å². The molecule has 0 unspecified atom stereocenters. The van der Waals surface area contributed by atoms with Crippen LogP contribution in [-0.4, -0.2) is 41.8 Å². The Morgan fingerprint density at radius 3 is 2.58 bits per heavy atom. The summed E-state index contributed by atoms with van der Waals surface area (Å²) in [6.07, 6.45) is 5.74. The first-order valence-corrected chi connectivity index (χ1v) is 9.07. The Balaban J connectivity index is 1.69. The first-order chi connectivity index (χ1) is 11.6. The summed E-state index contributed by atoms with van der Waals surface area (Å²) >= 11 is 0. The molecule has 1 saturated carbocycles. The number of nitrogens with two attached hydrogens (primary N) is 1. The van der Waals surface area contributed by atoms with E-state index >= 15 is 0 Å². The first-order valence-electron chi connectivity index (χ1n) is 9.07. The highest BCUT2D eigenvalue weighted by molar-refractivity contribution is 5.81. The molecule has 1 aliphatic carbocycles. The molecule has 0 aliphatic heterocycles. The van der Waals surface area contributed by atoms with Gasteiger partial charge < -0.3 is 21.5 Å². The minimum Gasteiger partial charge on any atom is -0.390 e. The van der Waals surface area contributed by atoms with Crippen LogP contribution in [0, 0.1) is 0 Å². The topological polar surface area (TPSA) is 87.4 Å². The third-order valence-electron chi connectivity index (χ3n) is 4.79.